The Hall–Kier alpha value is -0.910. The number of carboxylic acid groups (broad SMARTS) is 1. The van der Waals surface area contributed by atoms with E-state index >= 15 is 0 Å². The highest BCUT2D eigenvalue weighted by molar-refractivity contribution is 7.99. The molecule has 116 valence electrons. The summed E-state index contributed by atoms with van der Waals surface area (Å²) in [6, 6.07) is -1.04. The lowest BCUT2D eigenvalue weighted by molar-refractivity contribution is -0.140. The minimum absolute atomic E-state index is 0.0825. The van der Waals surface area contributed by atoms with Gasteiger partial charge in [0.15, 0.2) is 0 Å². The van der Waals surface area contributed by atoms with E-state index < -0.39 is 12.0 Å². The number of rotatable bonds is 6. The molecule has 1 saturated carbocycles. The number of carbonyl (C=O) groups excluding carboxylic acids is 1. The van der Waals surface area contributed by atoms with Gasteiger partial charge in [0.25, 0.3) is 0 Å². The van der Waals surface area contributed by atoms with Crippen molar-refractivity contribution in [2.75, 3.05) is 6.26 Å². The Labute approximate surface area is 125 Å². The van der Waals surface area contributed by atoms with Crippen LogP contribution < -0.4 is 10.6 Å². The molecule has 0 bridgehead atoms. The largest absolute Gasteiger partial charge is 0.480 e. The lowest BCUT2D eigenvalue weighted by atomic mass is 9.95. The number of carboxylic acids is 1. The number of amides is 2. The second-order valence-electron chi connectivity index (χ2n) is 5.48. The number of thioether (sulfide) groups is 1. The van der Waals surface area contributed by atoms with E-state index in [1.54, 1.807) is 11.8 Å². The number of nitrogens with one attached hydrogen (secondary N) is 2. The van der Waals surface area contributed by atoms with Crippen LogP contribution in [0.2, 0.25) is 0 Å². The normalized spacial score (nSPS) is 25.6. The van der Waals surface area contributed by atoms with Crippen molar-refractivity contribution in [3.05, 3.63) is 0 Å². The fraction of sp³-hybridized carbons (Fsp3) is 0.857. The zero-order valence-electron chi connectivity index (χ0n) is 12.5. The molecule has 4 atom stereocenters. The van der Waals surface area contributed by atoms with Crippen LogP contribution in [0.3, 0.4) is 0 Å². The summed E-state index contributed by atoms with van der Waals surface area (Å²) in [5.74, 6) is -1.06. The third-order valence-electron chi connectivity index (χ3n) is 4.09. The number of aliphatic carboxylic acids is 1. The van der Waals surface area contributed by atoms with Gasteiger partial charge in [-0.15, -0.1) is 0 Å². The minimum atomic E-state index is -0.973. The lowest BCUT2D eigenvalue weighted by Crippen LogP contribution is -2.53. The molecule has 1 fully saturated rings. The quantitative estimate of drug-likeness (QED) is 0.704. The van der Waals surface area contributed by atoms with Gasteiger partial charge in [0.1, 0.15) is 6.04 Å². The van der Waals surface area contributed by atoms with Crippen molar-refractivity contribution in [1.29, 1.82) is 0 Å². The van der Waals surface area contributed by atoms with Crippen LogP contribution in [0.25, 0.3) is 0 Å². The highest BCUT2D eigenvalue weighted by atomic mass is 32.2. The molecule has 1 rings (SSSR count). The third-order valence-corrected chi connectivity index (χ3v) is 5.26. The molecule has 1 aliphatic carbocycles. The van der Waals surface area contributed by atoms with E-state index in [-0.39, 0.29) is 18.0 Å². The lowest BCUT2D eigenvalue weighted by Gasteiger charge is -2.31. The molecular weight excluding hydrogens is 276 g/mol. The first-order valence-electron chi connectivity index (χ1n) is 7.32. The molecule has 0 radical (unpaired) electrons. The summed E-state index contributed by atoms with van der Waals surface area (Å²) in [5, 5.41) is 15.2. The topological polar surface area (TPSA) is 78.4 Å². The van der Waals surface area contributed by atoms with Gasteiger partial charge in [-0.05, 0) is 25.0 Å². The first-order chi connectivity index (χ1) is 9.49. The van der Waals surface area contributed by atoms with E-state index in [0.717, 1.165) is 19.3 Å². The Morgan fingerprint density at radius 3 is 2.55 bits per heavy atom. The van der Waals surface area contributed by atoms with Gasteiger partial charge in [0.05, 0.1) is 0 Å². The number of urea groups is 1. The Morgan fingerprint density at radius 2 is 2.00 bits per heavy atom. The van der Waals surface area contributed by atoms with Crippen molar-refractivity contribution in [2.45, 2.75) is 63.3 Å². The smallest absolute Gasteiger partial charge is 0.326 e. The fourth-order valence-corrected chi connectivity index (χ4v) is 3.51. The molecule has 3 unspecified atom stereocenters. The molecule has 5 nitrogen and oxygen atoms in total. The average Bonchev–Trinajstić information content (AvgIpc) is 2.44. The van der Waals surface area contributed by atoms with Crippen molar-refractivity contribution in [2.24, 2.45) is 5.92 Å². The van der Waals surface area contributed by atoms with Crippen LogP contribution in [0.4, 0.5) is 4.79 Å². The van der Waals surface area contributed by atoms with Crippen LogP contribution in [-0.4, -0.2) is 40.7 Å². The molecule has 0 aromatic rings. The molecule has 1 aliphatic rings. The number of hydrogen-bond acceptors (Lipinski definition) is 3. The summed E-state index contributed by atoms with van der Waals surface area (Å²) < 4.78 is 0. The van der Waals surface area contributed by atoms with E-state index in [1.165, 1.54) is 6.42 Å². The van der Waals surface area contributed by atoms with Crippen LogP contribution in [0.1, 0.15) is 46.0 Å². The highest BCUT2D eigenvalue weighted by Crippen LogP contribution is 2.27. The van der Waals surface area contributed by atoms with Crippen LogP contribution >= 0.6 is 11.8 Å². The van der Waals surface area contributed by atoms with E-state index in [9.17, 15) is 14.7 Å². The van der Waals surface area contributed by atoms with Crippen molar-refractivity contribution in [3.8, 4) is 0 Å². The molecule has 0 saturated heterocycles. The van der Waals surface area contributed by atoms with Crippen LogP contribution in [0.15, 0.2) is 0 Å². The summed E-state index contributed by atoms with van der Waals surface area (Å²) in [6.07, 6.45) is 7.18. The van der Waals surface area contributed by atoms with Crippen molar-refractivity contribution < 1.29 is 14.7 Å². The Bertz CT molecular complexity index is 338. The maximum atomic E-state index is 12.0. The maximum absolute atomic E-state index is 12.0. The highest BCUT2D eigenvalue weighted by Gasteiger charge is 2.29. The summed E-state index contributed by atoms with van der Waals surface area (Å²) in [7, 11) is 0. The third kappa shape index (κ3) is 4.89. The molecular formula is C14H26N2O3S. The number of carbonyl (C=O) groups is 2. The Morgan fingerprint density at radius 1 is 1.35 bits per heavy atom. The zero-order valence-corrected chi connectivity index (χ0v) is 13.3. The van der Waals surface area contributed by atoms with Gasteiger partial charge in [0, 0.05) is 11.3 Å². The average molecular weight is 302 g/mol. The van der Waals surface area contributed by atoms with Crippen LogP contribution in [0.5, 0.6) is 0 Å². The summed E-state index contributed by atoms with van der Waals surface area (Å²) in [6.45, 7) is 3.76. The fourth-order valence-electron chi connectivity index (χ4n) is 2.58. The van der Waals surface area contributed by atoms with Crippen LogP contribution in [-0.2, 0) is 4.79 Å². The summed E-state index contributed by atoms with van der Waals surface area (Å²) in [5.41, 5.74) is 0. The van der Waals surface area contributed by atoms with E-state index in [0.29, 0.717) is 11.7 Å². The predicted molar refractivity (Wildman–Crippen MR) is 82.1 cm³/mol. The predicted octanol–water partition coefficient (Wildman–Crippen LogP) is 2.46. The van der Waals surface area contributed by atoms with Crippen LogP contribution in [0, 0.1) is 5.92 Å². The van der Waals surface area contributed by atoms with Crippen molar-refractivity contribution in [1.82, 2.24) is 10.6 Å². The standard InChI is InChI=1S/C14H26N2O3S/c1-4-9(2)12(13(17)18)16-14(19)15-10-7-5-6-8-11(10)20-3/h9-12H,4-8H2,1-3H3,(H,17,18)(H2,15,16,19)/t9?,10?,11?,12-/m0/s1. The molecule has 0 spiro atoms. The van der Waals surface area contributed by atoms with Gasteiger partial charge in [-0.3, -0.25) is 0 Å². The second-order valence-corrected chi connectivity index (χ2v) is 6.56. The van der Waals surface area contributed by atoms with Crippen molar-refractivity contribution >= 4 is 23.8 Å². The SMILES string of the molecule is CCC(C)[C@H](NC(=O)NC1CCCCC1SC)C(=O)O. The number of hydrogen-bond donors (Lipinski definition) is 3. The maximum Gasteiger partial charge on any atom is 0.326 e. The van der Waals surface area contributed by atoms with E-state index in [4.69, 9.17) is 0 Å². The molecule has 0 aromatic carbocycles. The van der Waals surface area contributed by atoms with Gasteiger partial charge in [-0.25, -0.2) is 9.59 Å². The molecule has 0 aromatic heterocycles. The first-order valence-corrected chi connectivity index (χ1v) is 8.61. The van der Waals surface area contributed by atoms with Gasteiger partial charge in [-0.2, -0.15) is 11.8 Å². The molecule has 6 heteroatoms. The molecule has 0 aliphatic heterocycles. The minimum Gasteiger partial charge on any atom is -0.480 e. The first kappa shape index (κ1) is 17.1. The van der Waals surface area contributed by atoms with Gasteiger partial charge < -0.3 is 15.7 Å². The summed E-state index contributed by atoms with van der Waals surface area (Å²) >= 11 is 1.77. The van der Waals surface area contributed by atoms with Gasteiger partial charge in [-0.1, -0.05) is 33.1 Å². The molecule has 20 heavy (non-hydrogen) atoms. The van der Waals surface area contributed by atoms with Crippen molar-refractivity contribution in [3.63, 3.8) is 0 Å². The second kappa shape index (κ2) is 8.39. The van der Waals surface area contributed by atoms with Gasteiger partial charge in [0.2, 0.25) is 0 Å². The molecule has 3 N–H and O–H groups in total. The summed E-state index contributed by atoms with van der Waals surface area (Å²) in [4.78, 5) is 23.2. The van der Waals surface area contributed by atoms with Gasteiger partial charge >= 0.3 is 12.0 Å². The Balaban J connectivity index is 2.54. The molecule has 0 heterocycles. The zero-order chi connectivity index (χ0) is 15.1. The monoisotopic (exact) mass is 302 g/mol. The molecule has 2 amide bonds. The Kier molecular flexibility index (Phi) is 7.19. The van der Waals surface area contributed by atoms with E-state index in [2.05, 4.69) is 16.9 Å². The van der Waals surface area contributed by atoms with E-state index in [1.807, 2.05) is 13.8 Å².